The van der Waals surface area contributed by atoms with Crippen LogP contribution in [0.5, 0.6) is 0 Å². The minimum Gasteiger partial charge on any atom is -0.383 e. The third kappa shape index (κ3) is 4.03. The molecule has 0 saturated carbocycles. The largest absolute Gasteiger partial charge is 0.383 e. The van der Waals surface area contributed by atoms with Gasteiger partial charge in [-0.1, -0.05) is 42.5 Å². The molecule has 0 bridgehead atoms. The number of hydrogen-bond acceptors (Lipinski definition) is 3. The van der Waals surface area contributed by atoms with Crippen molar-refractivity contribution < 1.29 is 4.74 Å². The molecule has 0 amide bonds. The molecule has 0 saturated heterocycles. The van der Waals surface area contributed by atoms with Crippen molar-refractivity contribution in [2.24, 2.45) is 7.05 Å². The molecule has 0 fully saturated rings. The molecule has 0 aliphatic carbocycles. The maximum atomic E-state index is 12.8. The maximum Gasteiger partial charge on any atom is 0.255 e. The van der Waals surface area contributed by atoms with Gasteiger partial charge in [-0.2, -0.15) is 0 Å². The van der Waals surface area contributed by atoms with Gasteiger partial charge in [-0.25, -0.2) is 0 Å². The summed E-state index contributed by atoms with van der Waals surface area (Å²) < 4.78 is 7.02. The van der Waals surface area contributed by atoms with Crippen LogP contribution in [0.15, 0.2) is 59.4 Å². The number of aromatic nitrogens is 1. The lowest BCUT2D eigenvalue weighted by atomic mass is 10.1. The van der Waals surface area contributed by atoms with E-state index >= 15 is 0 Å². The highest BCUT2D eigenvalue weighted by Gasteiger charge is 2.13. The third-order valence-corrected chi connectivity index (χ3v) is 4.87. The molecule has 0 radical (unpaired) electrons. The van der Waals surface area contributed by atoms with Gasteiger partial charge in [0.15, 0.2) is 0 Å². The van der Waals surface area contributed by atoms with E-state index in [9.17, 15) is 4.79 Å². The van der Waals surface area contributed by atoms with Crippen LogP contribution in [0.1, 0.15) is 16.7 Å². The number of para-hydroxylation sites is 1. The molecule has 0 spiro atoms. The van der Waals surface area contributed by atoms with Crippen molar-refractivity contribution in [3.8, 4) is 0 Å². The molecule has 0 atom stereocenters. The van der Waals surface area contributed by atoms with Crippen molar-refractivity contribution >= 4 is 10.9 Å². The SMILES string of the molecule is COCCN(Cc1ccccc1C)Cc1cc2ccccc2n(C)c1=O. The van der Waals surface area contributed by atoms with E-state index in [2.05, 4.69) is 42.2 Å². The lowest BCUT2D eigenvalue weighted by Gasteiger charge is -2.23. The van der Waals surface area contributed by atoms with Crippen molar-refractivity contribution in [3.63, 3.8) is 0 Å². The smallest absolute Gasteiger partial charge is 0.255 e. The monoisotopic (exact) mass is 350 g/mol. The zero-order valence-corrected chi connectivity index (χ0v) is 15.7. The molecule has 136 valence electrons. The summed E-state index contributed by atoms with van der Waals surface area (Å²) in [5.41, 5.74) is 4.39. The number of nitrogens with zero attached hydrogens (tertiary/aromatic N) is 2. The number of benzene rings is 2. The van der Waals surface area contributed by atoms with Crippen molar-refractivity contribution in [2.45, 2.75) is 20.0 Å². The van der Waals surface area contributed by atoms with E-state index in [1.165, 1.54) is 11.1 Å². The van der Waals surface area contributed by atoms with Gasteiger partial charge >= 0.3 is 0 Å². The van der Waals surface area contributed by atoms with Crippen LogP contribution in [0.3, 0.4) is 0 Å². The second-order valence-corrected chi connectivity index (χ2v) is 6.72. The summed E-state index contributed by atoms with van der Waals surface area (Å²) >= 11 is 0. The second kappa shape index (κ2) is 8.30. The zero-order valence-electron chi connectivity index (χ0n) is 15.7. The standard InChI is InChI=1S/C22H26N2O2/c1-17-8-4-5-10-19(17)15-24(12-13-26-3)16-20-14-18-9-6-7-11-21(18)23(2)22(20)25/h4-11,14H,12-13,15-16H2,1-3H3. The van der Waals surface area contributed by atoms with Gasteiger partial charge in [-0.15, -0.1) is 0 Å². The molecule has 1 heterocycles. The first kappa shape index (κ1) is 18.4. The Kier molecular flexibility index (Phi) is 5.86. The first-order chi connectivity index (χ1) is 12.6. The van der Waals surface area contributed by atoms with E-state index < -0.39 is 0 Å². The quantitative estimate of drug-likeness (QED) is 0.654. The number of aryl methyl sites for hydroxylation is 2. The molecule has 0 aliphatic rings. The predicted octanol–water partition coefficient (Wildman–Crippen LogP) is 3.50. The highest BCUT2D eigenvalue weighted by molar-refractivity contribution is 5.79. The lowest BCUT2D eigenvalue weighted by molar-refractivity contribution is 0.139. The summed E-state index contributed by atoms with van der Waals surface area (Å²) in [6.07, 6.45) is 0. The van der Waals surface area contributed by atoms with Gasteiger partial charge in [0.1, 0.15) is 0 Å². The van der Waals surface area contributed by atoms with Gasteiger partial charge in [0.05, 0.1) is 12.1 Å². The van der Waals surface area contributed by atoms with Crippen LogP contribution in [-0.2, 0) is 24.9 Å². The number of ether oxygens (including phenoxy) is 1. The summed E-state index contributed by atoms with van der Waals surface area (Å²) in [5, 5.41) is 1.09. The third-order valence-electron chi connectivity index (χ3n) is 4.87. The topological polar surface area (TPSA) is 34.5 Å². The summed E-state index contributed by atoms with van der Waals surface area (Å²) in [4.78, 5) is 15.1. The van der Waals surface area contributed by atoms with Crippen LogP contribution in [0.4, 0.5) is 0 Å². The highest BCUT2D eigenvalue weighted by Crippen LogP contribution is 2.16. The minimum atomic E-state index is 0.0656. The Morgan fingerprint density at radius 3 is 2.46 bits per heavy atom. The average molecular weight is 350 g/mol. The van der Waals surface area contributed by atoms with Crippen molar-refractivity contribution in [2.75, 3.05) is 20.3 Å². The number of hydrogen-bond donors (Lipinski definition) is 0. The Morgan fingerprint density at radius 2 is 1.69 bits per heavy atom. The van der Waals surface area contributed by atoms with Gasteiger partial charge in [-0.3, -0.25) is 9.69 Å². The van der Waals surface area contributed by atoms with E-state index in [1.54, 1.807) is 11.7 Å². The van der Waals surface area contributed by atoms with Gasteiger partial charge < -0.3 is 9.30 Å². The minimum absolute atomic E-state index is 0.0656. The fourth-order valence-electron chi connectivity index (χ4n) is 3.31. The normalized spacial score (nSPS) is 11.4. The van der Waals surface area contributed by atoms with Crippen LogP contribution >= 0.6 is 0 Å². The molecular formula is C22H26N2O2. The Hall–Kier alpha value is -2.43. The van der Waals surface area contributed by atoms with Crippen LogP contribution in [-0.4, -0.2) is 29.7 Å². The van der Waals surface area contributed by atoms with E-state index in [0.717, 1.165) is 29.6 Å². The van der Waals surface area contributed by atoms with Crippen LogP contribution in [0.25, 0.3) is 10.9 Å². The molecule has 4 heteroatoms. The van der Waals surface area contributed by atoms with Crippen molar-refractivity contribution in [1.82, 2.24) is 9.47 Å². The highest BCUT2D eigenvalue weighted by atomic mass is 16.5. The molecule has 0 aliphatic heterocycles. The molecule has 26 heavy (non-hydrogen) atoms. The van der Waals surface area contributed by atoms with Gasteiger partial charge in [0.2, 0.25) is 0 Å². The Balaban J connectivity index is 1.91. The Morgan fingerprint density at radius 1 is 1.00 bits per heavy atom. The Labute approximate surface area is 154 Å². The summed E-state index contributed by atoms with van der Waals surface area (Å²) in [5.74, 6) is 0. The van der Waals surface area contributed by atoms with E-state index in [-0.39, 0.29) is 5.56 Å². The Bertz CT molecular complexity index is 946. The second-order valence-electron chi connectivity index (χ2n) is 6.72. The summed E-state index contributed by atoms with van der Waals surface area (Å²) in [7, 11) is 3.55. The van der Waals surface area contributed by atoms with Crippen molar-refractivity contribution in [3.05, 3.63) is 81.6 Å². The van der Waals surface area contributed by atoms with Gasteiger partial charge in [0.25, 0.3) is 5.56 Å². The molecule has 0 unspecified atom stereocenters. The lowest BCUT2D eigenvalue weighted by Crippen LogP contribution is -2.31. The van der Waals surface area contributed by atoms with Gasteiger partial charge in [-0.05, 0) is 35.6 Å². The fraction of sp³-hybridized carbons (Fsp3) is 0.318. The molecule has 3 rings (SSSR count). The number of pyridine rings is 1. The van der Waals surface area contributed by atoms with E-state index in [0.29, 0.717) is 13.2 Å². The van der Waals surface area contributed by atoms with Crippen molar-refractivity contribution in [1.29, 1.82) is 0 Å². The first-order valence-corrected chi connectivity index (χ1v) is 8.93. The van der Waals surface area contributed by atoms with Crippen LogP contribution in [0.2, 0.25) is 0 Å². The van der Waals surface area contributed by atoms with Crippen LogP contribution < -0.4 is 5.56 Å². The molecule has 2 aromatic carbocycles. The molecule has 3 aromatic rings. The number of rotatable bonds is 7. The van der Waals surface area contributed by atoms with E-state index in [1.807, 2.05) is 31.3 Å². The molecule has 4 nitrogen and oxygen atoms in total. The zero-order chi connectivity index (χ0) is 18.5. The fourth-order valence-corrected chi connectivity index (χ4v) is 3.31. The number of fused-ring (bicyclic) bond motifs is 1. The maximum absolute atomic E-state index is 12.8. The van der Waals surface area contributed by atoms with Crippen LogP contribution in [0, 0.1) is 6.92 Å². The number of methoxy groups -OCH3 is 1. The first-order valence-electron chi connectivity index (χ1n) is 8.93. The molecule has 1 aromatic heterocycles. The summed E-state index contributed by atoms with van der Waals surface area (Å²) in [6.45, 7) is 4.95. The average Bonchev–Trinajstić information content (AvgIpc) is 2.65. The predicted molar refractivity (Wildman–Crippen MR) is 106 cm³/mol. The summed E-state index contributed by atoms with van der Waals surface area (Å²) in [6, 6.07) is 18.4. The molecular weight excluding hydrogens is 324 g/mol. The molecule has 0 N–H and O–H groups in total. The van der Waals surface area contributed by atoms with E-state index in [4.69, 9.17) is 4.74 Å². The van der Waals surface area contributed by atoms with Gasteiger partial charge in [0, 0.05) is 39.4 Å².